The van der Waals surface area contributed by atoms with Gasteiger partial charge in [-0.1, -0.05) is 26.8 Å². The number of rotatable bonds is 5. The summed E-state index contributed by atoms with van der Waals surface area (Å²) in [6, 6.07) is 0.0129. The van der Waals surface area contributed by atoms with Gasteiger partial charge in [0.05, 0.1) is 4.48 Å². The van der Waals surface area contributed by atoms with E-state index in [4.69, 9.17) is 4.74 Å². The number of carbonyl (C=O) groups is 2. The number of ketones is 1. The first-order valence-corrected chi connectivity index (χ1v) is 8.43. The number of hydrogen-bond acceptors (Lipinski definition) is 3. The molecule has 0 N–H and O–H groups in total. The molecule has 0 saturated carbocycles. The standard InChI is InChI=1S/C17H30BrNO3/c1-11(2)19(12(3)4)15(21)22-17(8,9)14(20)13(18)10-16(5,6)7/h10-12H,1-9H3/b13-10+. The van der Waals surface area contributed by atoms with Crippen LogP contribution < -0.4 is 0 Å². The van der Waals surface area contributed by atoms with Crippen molar-refractivity contribution in [3.8, 4) is 0 Å². The molecule has 5 heteroatoms. The molecule has 0 atom stereocenters. The van der Waals surface area contributed by atoms with Gasteiger partial charge >= 0.3 is 6.09 Å². The van der Waals surface area contributed by atoms with Crippen LogP contribution in [0.5, 0.6) is 0 Å². The van der Waals surface area contributed by atoms with Crippen LogP contribution in [0.1, 0.15) is 62.3 Å². The summed E-state index contributed by atoms with van der Waals surface area (Å²) >= 11 is 3.31. The Labute approximate surface area is 143 Å². The second-order valence-electron chi connectivity index (χ2n) is 7.66. The minimum atomic E-state index is -1.22. The van der Waals surface area contributed by atoms with Crippen molar-refractivity contribution in [3.05, 3.63) is 10.6 Å². The van der Waals surface area contributed by atoms with E-state index in [0.717, 1.165) is 0 Å². The van der Waals surface area contributed by atoms with Gasteiger partial charge in [0.1, 0.15) is 0 Å². The maximum atomic E-state index is 12.5. The van der Waals surface area contributed by atoms with Crippen LogP contribution in [0.4, 0.5) is 4.79 Å². The quantitative estimate of drug-likeness (QED) is 0.640. The highest BCUT2D eigenvalue weighted by Gasteiger charge is 2.36. The summed E-state index contributed by atoms with van der Waals surface area (Å²) in [5, 5.41) is 0. The maximum Gasteiger partial charge on any atom is 0.411 e. The molecule has 0 radical (unpaired) electrons. The van der Waals surface area contributed by atoms with E-state index in [0.29, 0.717) is 4.48 Å². The Bertz CT molecular complexity index is 437. The van der Waals surface area contributed by atoms with Crippen LogP contribution in [-0.4, -0.2) is 34.5 Å². The lowest BCUT2D eigenvalue weighted by molar-refractivity contribution is -0.131. The van der Waals surface area contributed by atoms with Crippen molar-refractivity contribution < 1.29 is 14.3 Å². The number of halogens is 1. The number of allylic oxidation sites excluding steroid dienone is 1. The average Bonchev–Trinajstić information content (AvgIpc) is 2.23. The Kier molecular flexibility index (Phi) is 7.33. The number of hydrogen-bond donors (Lipinski definition) is 0. The van der Waals surface area contributed by atoms with Crippen LogP contribution in [0, 0.1) is 5.41 Å². The summed E-state index contributed by atoms with van der Waals surface area (Å²) in [7, 11) is 0. The van der Waals surface area contributed by atoms with Crippen molar-refractivity contribution in [1.82, 2.24) is 4.90 Å². The average molecular weight is 376 g/mol. The van der Waals surface area contributed by atoms with Gasteiger partial charge in [0.2, 0.25) is 5.78 Å². The molecule has 0 aliphatic heterocycles. The van der Waals surface area contributed by atoms with Gasteiger partial charge in [0, 0.05) is 12.1 Å². The topological polar surface area (TPSA) is 46.6 Å². The zero-order valence-corrected chi connectivity index (χ0v) is 16.9. The Morgan fingerprint density at radius 2 is 1.41 bits per heavy atom. The van der Waals surface area contributed by atoms with Gasteiger partial charge in [0.25, 0.3) is 0 Å². The van der Waals surface area contributed by atoms with E-state index < -0.39 is 11.7 Å². The third-order valence-electron chi connectivity index (χ3n) is 2.99. The molecule has 0 aliphatic carbocycles. The largest absolute Gasteiger partial charge is 0.435 e. The molecular formula is C17H30BrNO3. The van der Waals surface area contributed by atoms with Gasteiger partial charge in [-0.3, -0.25) is 4.79 Å². The second kappa shape index (κ2) is 7.62. The van der Waals surface area contributed by atoms with Crippen LogP contribution >= 0.6 is 15.9 Å². The van der Waals surface area contributed by atoms with Crippen molar-refractivity contribution in [2.75, 3.05) is 0 Å². The van der Waals surface area contributed by atoms with Gasteiger partial charge in [0.15, 0.2) is 5.60 Å². The number of nitrogens with zero attached hydrogens (tertiary/aromatic N) is 1. The lowest BCUT2D eigenvalue weighted by Gasteiger charge is -2.33. The highest BCUT2D eigenvalue weighted by atomic mass is 79.9. The Balaban J connectivity index is 5.22. The van der Waals surface area contributed by atoms with Crippen molar-refractivity contribution in [3.63, 3.8) is 0 Å². The van der Waals surface area contributed by atoms with Gasteiger partial charge in [-0.25, -0.2) is 4.79 Å². The van der Waals surface area contributed by atoms with E-state index in [1.807, 2.05) is 54.5 Å². The summed E-state index contributed by atoms with van der Waals surface area (Å²) in [4.78, 5) is 26.5. The first-order valence-electron chi connectivity index (χ1n) is 7.63. The van der Waals surface area contributed by atoms with Gasteiger partial charge in [-0.05, 0) is 62.9 Å². The molecule has 22 heavy (non-hydrogen) atoms. The number of Topliss-reactive ketones (excluding diaryl/α,β-unsaturated/α-hetero) is 1. The summed E-state index contributed by atoms with van der Waals surface area (Å²) in [5.74, 6) is -0.247. The highest BCUT2D eigenvalue weighted by molar-refractivity contribution is 9.12. The van der Waals surface area contributed by atoms with Crippen LogP contribution in [0.15, 0.2) is 10.6 Å². The number of ether oxygens (including phenoxy) is 1. The molecule has 128 valence electrons. The van der Waals surface area contributed by atoms with Gasteiger partial charge in [-0.2, -0.15) is 0 Å². The summed E-state index contributed by atoms with van der Waals surface area (Å²) in [5.41, 5.74) is -1.36. The predicted molar refractivity (Wildman–Crippen MR) is 94.1 cm³/mol. The first-order chi connectivity index (χ1) is 9.69. The molecule has 0 aromatic heterocycles. The van der Waals surface area contributed by atoms with E-state index in [9.17, 15) is 9.59 Å². The number of carbonyl (C=O) groups excluding carboxylic acids is 2. The molecule has 0 heterocycles. The van der Waals surface area contributed by atoms with Crippen molar-refractivity contribution in [2.45, 2.75) is 80.0 Å². The maximum absolute atomic E-state index is 12.5. The molecule has 0 aromatic carbocycles. The molecular weight excluding hydrogens is 346 g/mol. The van der Waals surface area contributed by atoms with Gasteiger partial charge in [-0.15, -0.1) is 0 Å². The van der Waals surface area contributed by atoms with Crippen molar-refractivity contribution in [2.24, 2.45) is 5.41 Å². The summed E-state index contributed by atoms with van der Waals surface area (Å²) in [6.45, 7) is 16.9. The van der Waals surface area contributed by atoms with Crippen molar-refractivity contribution >= 4 is 27.8 Å². The zero-order valence-electron chi connectivity index (χ0n) is 15.3. The monoisotopic (exact) mass is 375 g/mol. The van der Waals surface area contributed by atoms with Crippen LogP contribution in [0.2, 0.25) is 0 Å². The SMILES string of the molecule is CC(C)N(C(=O)OC(C)(C)C(=O)/C(Br)=C\C(C)(C)C)C(C)C. The third-order valence-corrected chi connectivity index (χ3v) is 3.58. The molecule has 0 saturated heterocycles. The van der Waals surface area contributed by atoms with Crippen LogP contribution in [0.3, 0.4) is 0 Å². The van der Waals surface area contributed by atoms with E-state index in [1.165, 1.54) is 0 Å². The zero-order chi connectivity index (χ0) is 17.9. The molecule has 0 aliphatic rings. The van der Waals surface area contributed by atoms with E-state index in [1.54, 1.807) is 18.7 Å². The van der Waals surface area contributed by atoms with Crippen LogP contribution in [-0.2, 0) is 9.53 Å². The number of amides is 1. The summed E-state index contributed by atoms with van der Waals surface area (Å²) < 4.78 is 5.92. The van der Waals surface area contributed by atoms with Crippen molar-refractivity contribution in [1.29, 1.82) is 0 Å². The molecule has 1 amide bonds. The molecule has 4 nitrogen and oxygen atoms in total. The molecule has 0 fully saturated rings. The Morgan fingerprint density at radius 1 is 1.00 bits per heavy atom. The fraction of sp³-hybridized carbons (Fsp3) is 0.765. The fourth-order valence-electron chi connectivity index (χ4n) is 2.07. The lowest BCUT2D eigenvalue weighted by atomic mass is 9.93. The fourth-order valence-corrected chi connectivity index (χ4v) is 3.23. The first kappa shape index (κ1) is 21.2. The van der Waals surface area contributed by atoms with E-state index in [-0.39, 0.29) is 23.3 Å². The smallest absolute Gasteiger partial charge is 0.411 e. The molecule has 0 unspecified atom stereocenters. The van der Waals surface area contributed by atoms with Gasteiger partial charge < -0.3 is 9.64 Å². The third kappa shape index (κ3) is 6.51. The second-order valence-corrected chi connectivity index (χ2v) is 8.51. The Hall–Kier alpha value is -0.840. The molecule has 0 bridgehead atoms. The minimum absolute atomic E-state index is 0.00644. The van der Waals surface area contributed by atoms with Crippen LogP contribution in [0.25, 0.3) is 0 Å². The predicted octanol–water partition coefficient (Wildman–Crippen LogP) is 4.91. The molecule has 0 rings (SSSR count). The van der Waals surface area contributed by atoms with E-state index >= 15 is 0 Å². The summed E-state index contributed by atoms with van der Waals surface area (Å²) in [6.07, 6.45) is 1.35. The van der Waals surface area contributed by atoms with E-state index in [2.05, 4.69) is 15.9 Å². The normalized spacial score (nSPS) is 13.5. The molecule has 0 spiro atoms. The Morgan fingerprint density at radius 3 is 1.73 bits per heavy atom. The molecule has 0 aromatic rings. The lowest BCUT2D eigenvalue weighted by Crippen LogP contribution is -2.47. The highest BCUT2D eigenvalue weighted by Crippen LogP contribution is 2.27. The minimum Gasteiger partial charge on any atom is -0.435 e.